The van der Waals surface area contributed by atoms with Crippen LogP contribution in [0, 0.1) is 0 Å². The van der Waals surface area contributed by atoms with Crippen molar-refractivity contribution in [1.82, 2.24) is 5.32 Å². The van der Waals surface area contributed by atoms with Gasteiger partial charge >= 0.3 is 0 Å². The molecule has 96 valence electrons. The zero-order valence-electron chi connectivity index (χ0n) is 9.72. The minimum absolute atomic E-state index is 0. The minimum atomic E-state index is -0.935. The van der Waals surface area contributed by atoms with Crippen molar-refractivity contribution in [2.45, 2.75) is 31.4 Å². The summed E-state index contributed by atoms with van der Waals surface area (Å²) in [5, 5.41) is 17.2. The van der Waals surface area contributed by atoms with E-state index < -0.39 is 5.60 Å². The van der Waals surface area contributed by atoms with Crippen LogP contribution >= 0.6 is 35.3 Å². The van der Waals surface area contributed by atoms with Crippen molar-refractivity contribution in [2.24, 2.45) is 10.7 Å². The first-order chi connectivity index (χ1) is 7.58. The number of hydrogen-bond donors (Lipinski definition) is 3. The van der Waals surface area contributed by atoms with Crippen molar-refractivity contribution in [1.29, 1.82) is 0 Å². The molecule has 1 atom stereocenters. The van der Waals surface area contributed by atoms with E-state index in [1.54, 1.807) is 18.3 Å². The van der Waals surface area contributed by atoms with Crippen LogP contribution in [0.15, 0.2) is 21.8 Å². The summed E-state index contributed by atoms with van der Waals surface area (Å²) in [7, 11) is 0. The van der Waals surface area contributed by atoms with E-state index in [1.807, 2.05) is 16.8 Å². The van der Waals surface area contributed by atoms with E-state index in [-0.39, 0.29) is 30.5 Å². The van der Waals surface area contributed by atoms with Crippen LogP contribution in [0.1, 0.15) is 25.3 Å². The number of guanidine groups is 1. The number of aliphatic hydroxyl groups is 1. The highest BCUT2D eigenvalue weighted by Crippen LogP contribution is 2.23. The van der Waals surface area contributed by atoms with Crippen LogP contribution in [0.4, 0.5) is 0 Å². The van der Waals surface area contributed by atoms with Gasteiger partial charge in [0.25, 0.3) is 0 Å². The Balaban J connectivity index is 0.00000144. The van der Waals surface area contributed by atoms with Gasteiger partial charge in [0.15, 0.2) is 5.96 Å². The van der Waals surface area contributed by atoms with Crippen molar-refractivity contribution in [3.63, 3.8) is 0 Å². The molecule has 1 unspecified atom stereocenters. The first kappa shape index (κ1) is 14.7. The minimum Gasteiger partial charge on any atom is -0.383 e. The second kappa shape index (κ2) is 6.01. The number of aliphatic imine (C=N–C) groups is 1. The summed E-state index contributed by atoms with van der Waals surface area (Å²) in [6.45, 7) is 2.04. The number of nitrogens with zero attached hydrogens (tertiary/aromatic N) is 1. The molecule has 1 aliphatic carbocycles. The Morgan fingerprint density at radius 1 is 1.71 bits per heavy atom. The van der Waals surface area contributed by atoms with Crippen molar-refractivity contribution in [3.8, 4) is 0 Å². The zero-order chi connectivity index (χ0) is 11.6. The normalized spacial score (nSPS) is 19.3. The fraction of sp³-hybridized carbons (Fsp3) is 0.545. The number of nitrogens with one attached hydrogen (secondary N) is 1. The molecule has 0 amide bonds. The van der Waals surface area contributed by atoms with Gasteiger partial charge in [-0.15, -0.1) is 24.0 Å². The maximum Gasteiger partial charge on any atom is 0.188 e. The van der Waals surface area contributed by atoms with Gasteiger partial charge in [-0.3, -0.25) is 4.99 Å². The third kappa shape index (κ3) is 4.44. The summed E-state index contributed by atoms with van der Waals surface area (Å²) in [6, 6.07) is 2.40. The Morgan fingerprint density at radius 3 is 2.94 bits per heavy atom. The summed E-state index contributed by atoms with van der Waals surface area (Å²) in [4.78, 5) is 4.17. The Kier molecular flexibility index (Phi) is 5.21. The van der Waals surface area contributed by atoms with Gasteiger partial charge in [-0.05, 0) is 42.2 Å². The van der Waals surface area contributed by atoms with Crippen LogP contribution < -0.4 is 11.1 Å². The summed E-state index contributed by atoms with van der Waals surface area (Å²) >= 11 is 1.57. The van der Waals surface area contributed by atoms with E-state index in [1.165, 1.54) is 0 Å². The van der Waals surface area contributed by atoms with Crippen LogP contribution in [0.3, 0.4) is 0 Å². The van der Waals surface area contributed by atoms with Crippen LogP contribution in [-0.2, 0) is 5.60 Å². The van der Waals surface area contributed by atoms with Gasteiger partial charge in [0.05, 0.1) is 6.54 Å². The van der Waals surface area contributed by atoms with Gasteiger partial charge in [-0.2, -0.15) is 11.3 Å². The molecule has 6 heteroatoms. The van der Waals surface area contributed by atoms with Crippen molar-refractivity contribution in [2.75, 3.05) is 6.54 Å². The van der Waals surface area contributed by atoms with E-state index >= 15 is 0 Å². The lowest BCUT2D eigenvalue weighted by Gasteiger charge is -2.20. The van der Waals surface area contributed by atoms with Crippen LogP contribution in [0.25, 0.3) is 0 Å². The van der Waals surface area contributed by atoms with E-state index in [2.05, 4.69) is 10.3 Å². The molecule has 0 spiro atoms. The van der Waals surface area contributed by atoms with E-state index in [0.717, 1.165) is 18.4 Å². The highest BCUT2D eigenvalue weighted by Gasteiger charge is 2.24. The van der Waals surface area contributed by atoms with Crippen molar-refractivity contribution < 1.29 is 5.11 Å². The molecule has 2 rings (SSSR count). The lowest BCUT2D eigenvalue weighted by Crippen LogP contribution is -2.35. The summed E-state index contributed by atoms with van der Waals surface area (Å²) < 4.78 is 0. The smallest absolute Gasteiger partial charge is 0.188 e. The Labute approximate surface area is 122 Å². The fourth-order valence-corrected chi connectivity index (χ4v) is 2.17. The summed E-state index contributed by atoms with van der Waals surface area (Å²) in [5.41, 5.74) is 5.66. The van der Waals surface area contributed by atoms with Crippen LogP contribution in [0.2, 0.25) is 0 Å². The molecular formula is C11H18IN3OS. The van der Waals surface area contributed by atoms with E-state index in [4.69, 9.17) is 5.73 Å². The molecule has 1 saturated carbocycles. The quantitative estimate of drug-likeness (QED) is 0.431. The molecule has 0 saturated heterocycles. The molecule has 0 radical (unpaired) electrons. The van der Waals surface area contributed by atoms with Gasteiger partial charge in [-0.25, -0.2) is 0 Å². The predicted molar refractivity (Wildman–Crippen MR) is 82.0 cm³/mol. The largest absolute Gasteiger partial charge is 0.383 e. The van der Waals surface area contributed by atoms with Crippen LogP contribution in [0.5, 0.6) is 0 Å². The topological polar surface area (TPSA) is 70.6 Å². The number of nitrogens with two attached hydrogens (primary N) is 1. The van der Waals surface area contributed by atoms with Gasteiger partial charge in [0, 0.05) is 6.04 Å². The maximum atomic E-state index is 10.2. The number of thiophene rings is 1. The zero-order valence-corrected chi connectivity index (χ0v) is 12.9. The van der Waals surface area contributed by atoms with Crippen LogP contribution in [-0.4, -0.2) is 23.7 Å². The standard InChI is InChI=1S/C11H17N3OS.HI/c1-11(15,8-4-5-16-6-8)7-13-10(12)14-9-2-3-9;/h4-6,9,15H,2-3,7H2,1H3,(H3,12,13,14);1H. The fourth-order valence-electron chi connectivity index (χ4n) is 1.38. The molecule has 0 aliphatic heterocycles. The third-order valence-electron chi connectivity index (χ3n) is 2.63. The van der Waals surface area contributed by atoms with E-state index in [9.17, 15) is 5.11 Å². The van der Waals surface area contributed by atoms with Crippen molar-refractivity contribution in [3.05, 3.63) is 22.4 Å². The Hall–Kier alpha value is -0.340. The van der Waals surface area contributed by atoms with Gasteiger partial charge < -0.3 is 16.2 Å². The molecule has 4 nitrogen and oxygen atoms in total. The maximum absolute atomic E-state index is 10.2. The average Bonchev–Trinajstić information content (AvgIpc) is 2.86. The predicted octanol–water partition coefficient (Wildman–Crippen LogP) is 1.64. The monoisotopic (exact) mass is 367 g/mol. The van der Waals surface area contributed by atoms with Crippen molar-refractivity contribution >= 4 is 41.3 Å². The lowest BCUT2D eigenvalue weighted by molar-refractivity contribution is 0.0677. The Morgan fingerprint density at radius 2 is 2.41 bits per heavy atom. The van der Waals surface area contributed by atoms with Gasteiger partial charge in [-0.1, -0.05) is 0 Å². The second-order valence-corrected chi connectivity index (χ2v) is 5.19. The number of halogens is 1. The third-order valence-corrected chi connectivity index (χ3v) is 3.31. The molecule has 1 aromatic heterocycles. The molecule has 1 aromatic rings. The SMILES string of the molecule is CC(O)(CN=C(N)NC1CC1)c1ccsc1.I. The molecule has 1 heterocycles. The first-order valence-electron chi connectivity index (χ1n) is 5.39. The molecule has 1 fully saturated rings. The molecule has 1 aliphatic rings. The summed E-state index contributed by atoms with van der Waals surface area (Å²) in [5.74, 6) is 0.429. The lowest BCUT2D eigenvalue weighted by atomic mass is 10.00. The molecule has 0 bridgehead atoms. The average molecular weight is 367 g/mol. The number of hydrogen-bond acceptors (Lipinski definition) is 3. The van der Waals surface area contributed by atoms with E-state index in [0.29, 0.717) is 12.0 Å². The first-order valence-corrected chi connectivity index (χ1v) is 6.34. The Bertz CT molecular complexity index is 374. The highest BCUT2D eigenvalue weighted by molar-refractivity contribution is 14.0. The van der Waals surface area contributed by atoms with Gasteiger partial charge in [0.2, 0.25) is 0 Å². The molecule has 0 aromatic carbocycles. The molecular weight excluding hydrogens is 349 g/mol. The molecule has 4 N–H and O–H groups in total. The number of rotatable bonds is 4. The second-order valence-electron chi connectivity index (χ2n) is 4.41. The summed E-state index contributed by atoms with van der Waals surface area (Å²) in [6.07, 6.45) is 2.33. The molecule has 17 heavy (non-hydrogen) atoms. The van der Waals surface area contributed by atoms with Gasteiger partial charge in [0.1, 0.15) is 5.60 Å². The highest BCUT2D eigenvalue weighted by atomic mass is 127.